The molecule has 0 unspecified atom stereocenters. The second kappa shape index (κ2) is 6.08. The van der Waals surface area contributed by atoms with E-state index in [1.54, 1.807) is 22.7 Å². The molecule has 0 fully saturated rings. The summed E-state index contributed by atoms with van der Waals surface area (Å²) >= 11 is 9.43. The second-order valence-corrected chi connectivity index (χ2v) is 6.93. The first kappa shape index (κ1) is 13.8. The lowest BCUT2D eigenvalue weighted by Gasteiger charge is -2.00. The number of thiazole rings is 1. The van der Waals surface area contributed by atoms with Crippen LogP contribution in [0.5, 0.6) is 0 Å². The monoisotopic (exact) mass is 319 g/mol. The molecule has 0 saturated heterocycles. The Labute approximate surface area is 131 Å². The first-order chi connectivity index (χ1) is 9.79. The van der Waals surface area contributed by atoms with Crippen LogP contribution in [0.3, 0.4) is 0 Å². The van der Waals surface area contributed by atoms with E-state index in [1.165, 1.54) is 20.9 Å². The normalized spacial score (nSPS) is 10.9. The highest BCUT2D eigenvalue weighted by Gasteiger charge is 2.15. The standard InChI is InChI=1S/C16H14ClNS2/c1-11-5-2-3-6-12(11)16-18-15(13-7-4-10-19-13)14(20-16)8-9-17/h2-7,10H,8-9H2,1H3. The third-order valence-corrected chi connectivity index (χ3v) is 5.36. The Balaban J connectivity index is 2.10. The van der Waals surface area contributed by atoms with Crippen LogP contribution in [0.25, 0.3) is 21.1 Å². The number of thiophene rings is 1. The molecule has 0 spiro atoms. The Bertz CT molecular complexity index is 701. The van der Waals surface area contributed by atoms with E-state index in [0.717, 1.165) is 17.1 Å². The molecule has 0 N–H and O–H groups in total. The lowest BCUT2D eigenvalue weighted by Crippen LogP contribution is -1.85. The second-order valence-electron chi connectivity index (χ2n) is 4.52. The van der Waals surface area contributed by atoms with Gasteiger partial charge in [0.1, 0.15) is 5.01 Å². The van der Waals surface area contributed by atoms with E-state index in [2.05, 4.69) is 48.7 Å². The number of aromatic nitrogens is 1. The lowest BCUT2D eigenvalue weighted by molar-refractivity contribution is 1.18. The van der Waals surface area contributed by atoms with Gasteiger partial charge in [0.2, 0.25) is 0 Å². The topological polar surface area (TPSA) is 12.9 Å². The number of halogens is 1. The zero-order valence-corrected chi connectivity index (χ0v) is 13.5. The van der Waals surface area contributed by atoms with E-state index in [-0.39, 0.29) is 0 Å². The molecule has 0 aliphatic rings. The first-order valence-corrected chi connectivity index (χ1v) is 8.68. The third-order valence-electron chi connectivity index (χ3n) is 3.15. The van der Waals surface area contributed by atoms with Gasteiger partial charge in [-0.2, -0.15) is 0 Å². The fourth-order valence-corrected chi connectivity index (χ4v) is 4.41. The Morgan fingerprint density at radius 1 is 1.15 bits per heavy atom. The summed E-state index contributed by atoms with van der Waals surface area (Å²) < 4.78 is 0. The minimum absolute atomic E-state index is 0.633. The molecule has 0 amide bonds. The van der Waals surface area contributed by atoms with Crippen molar-refractivity contribution >= 4 is 34.3 Å². The number of alkyl halides is 1. The molecule has 0 atom stereocenters. The summed E-state index contributed by atoms with van der Waals surface area (Å²) in [5.41, 5.74) is 3.58. The Morgan fingerprint density at radius 2 is 2.00 bits per heavy atom. The zero-order valence-electron chi connectivity index (χ0n) is 11.1. The van der Waals surface area contributed by atoms with Gasteiger partial charge in [0.15, 0.2) is 0 Å². The quantitative estimate of drug-likeness (QED) is 0.568. The molecular formula is C16H14ClNS2. The summed E-state index contributed by atoms with van der Waals surface area (Å²) in [7, 11) is 0. The Morgan fingerprint density at radius 3 is 2.70 bits per heavy atom. The molecule has 2 aromatic heterocycles. The van der Waals surface area contributed by atoms with Crippen molar-refractivity contribution in [2.24, 2.45) is 0 Å². The van der Waals surface area contributed by atoms with Crippen molar-refractivity contribution < 1.29 is 0 Å². The molecule has 20 heavy (non-hydrogen) atoms. The molecule has 102 valence electrons. The van der Waals surface area contributed by atoms with Crippen LogP contribution in [0, 0.1) is 6.92 Å². The fraction of sp³-hybridized carbons (Fsp3) is 0.188. The molecule has 0 aliphatic carbocycles. The van der Waals surface area contributed by atoms with Gasteiger partial charge in [-0.25, -0.2) is 4.98 Å². The summed E-state index contributed by atoms with van der Waals surface area (Å²) in [4.78, 5) is 7.37. The average molecular weight is 320 g/mol. The van der Waals surface area contributed by atoms with Gasteiger partial charge >= 0.3 is 0 Å². The van der Waals surface area contributed by atoms with E-state index in [9.17, 15) is 0 Å². The maximum atomic E-state index is 5.94. The molecule has 2 heterocycles. The van der Waals surface area contributed by atoms with Crippen LogP contribution in [-0.4, -0.2) is 10.9 Å². The summed E-state index contributed by atoms with van der Waals surface area (Å²) in [6.07, 6.45) is 0.873. The fourth-order valence-electron chi connectivity index (χ4n) is 2.14. The molecule has 3 aromatic rings. The van der Waals surface area contributed by atoms with Crippen LogP contribution in [0.1, 0.15) is 10.4 Å². The minimum Gasteiger partial charge on any atom is -0.235 e. The molecule has 1 nitrogen and oxygen atoms in total. The molecule has 0 bridgehead atoms. The lowest BCUT2D eigenvalue weighted by atomic mass is 10.1. The van der Waals surface area contributed by atoms with Gasteiger partial charge < -0.3 is 0 Å². The van der Waals surface area contributed by atoms with E-state index >= 15 is 0 Å². The van der Waals surface area contributed by atoms with E-state index in [1.807, 2.05) is 0 Å². The van der Waals surface area contributed by atoms with Gasteiger partial charge in [0.05, 0.1) is 10.6 Å². The van der Waals surface area contributed by atoms with Crippen LogP contribution in [0.4, 0.5) is 0 Å². The Hall–Kier alpha value is -1.16. The van der Waals surface area contributed by atoms with Crippen LogP contribution in [-0.2, 0) is 6.42 Å². The molecule has 0 saturated carbocycles. The van der Waals surface area contributed by atoms with Gasteiger partial charge in [0.25, 0.3) is 0 Å². The van der Waals surface area contributed by atoms with E-state index < -0.39 is 0 Å². The third kappa shape index (κ3) is 2.66. The highest BCUT2D eigenvalue weighted by Crippen LogP contribution is 2.37. The summed E-state index contributed by atoms with van der Waals surface area (Å²) in [6.45, 7) is 2.13. The minimum atomic E-state index is 0.633. The van der Waals surface area contributed by atoms with Gasteiger partial charge in [-0.15, -0.1) is 34.3 Å². The number of hydrogen-bond donors (Lipinski definition) is 0. The van der Waals surface area contributed by atoms with E-state index in [4.69, 9.17) is 16.6 Å². The predicted molar refractivity (Wildman–Crippen MR) is 90.0 cm³/mol. The summed E-state index contributed by atoms with van der Waals surface area (Å²) in [6, 6.07) is 12.6. The highest BCUT2D eigenvalue weighted by atomic mass is 35.5. The molecule has 1 aromatic carbocycles. The maximum absolute atomic E-state index is 5.94. The van der Waals surface area contributed by atoms with Crippen LogP contribution in [0.2, 0.25) is 0 Å². The van der Waals surface area contributed by atoms with Crippen LogP contribution in [0.15, 0.2) is 41.8 Å². The number of aryl methyl sites for hydroxylation is 2. The zero-order chi connectivity index (χ0) is 13.9. The number of rotatable bonds is 4. The van der Waals surface area contributed by atoms with Gasteiger partial charge in [0, 0.05) is 16.3 Å². The van der Waals surface area contributed by atoms with Crippen molar-refractivity contribution in [1.29, 1.82) is 0 Å². The van der Waals surface area contributed by atoms with Gasteiger partial charge in [-0.3, -0.25) is 0 Å². The number of benzene rings is 1. The predicted octanol–water partition coefficient (Wildman–Crippen LogP) is 5.63. The molecule has 0 aliphatic heterocycles. The van der Waals surface area contributed by atoms with Crippen LogP contribution < -0.4 is 0 Å². The molecule has 3 rings (SSSR count). The summed E-state index contributed by atoms with van der Waals surface area (Å²) in [5.74, 6) is 0.633. The SMILES string of the molecule is Cc1ccccc1-c1nc(-c2cccs2)c(CCCl)s1. The van der Waals surface area contributed by atoms with Crippen molar-refractivity contribution in [3.63, 3.8) is 0 Å². The van der Waals surface area contributed by atoms with Crippen molar-refractivity contribution in [2.75, 3.05) is 5.88 Å². The van der Waals surface area contributed by atoms with Crippen molar-refractivity contribution in [1.82, 2.24) is 4.98 Å². The average Bonchev–Trinajstić information content (AvgIpc) is 3.08. The van der Waals surface area contributed by atoms with Gasteiger partial charge in [-0.1, -0.05) is 30.3 Å². The molecular weight excluding hydrogens is 306 g/mol. The van der Waals surface area contributed by atoms with Crippen molar-refractivity contribution in [2.45, 2.75) is 13.3 Å². The Kier molecular flexibility index (Phi) is 4.20. The number of nitrogens with zero attached hydrogens (tertiary/aromatic N) is 1. The maximum Gasteiger partial charge on any atom is 0.124 e. The highest BCUT2D eigenvalue weighted by molar-refractivity contribution is 7.17. The molecule has 4 heteroatoms. The number of hydrogen-bond acceptors (Lipinski definition) is 3. The largest absolute Gasteiger partial charge is 0.235 e. The van der Waals surface area contributed by atoms with Crippen molar-refractivity contribution in [3.05, 3.63) is 52.2 Å². The molecule has 0 radical (unpaired) electrons. The van der Waals surface area contributed by atoms with Gasteiger partial charge in [-0.05, 0) is 30.4 Å². The van der Waals surface area contributed by atoms with E-state index in [0.29, 0.717) is 5.88 Å². The van der Waals surface area contributed by atoms with Crippen molar-refractivity contribution in [3.8, 4) is 21.1 Å². The summed E-state index contributed by atoms with van der Waals surface area (Å²) in [5, 5.41) is 3.18. The smallest absolute Gasteiger partial charge is 0.124 e. The first-order valence-electron chi connectivity index (χ1n) is 6.45. The van der Waals surface area contributed by atoms with Crippen LogP contribution >= 0.6 is 34.3 Å².